The quantitative estimate of drug-likeness (QED) is 0.0617. The molecule has 34 heteroatoms. The summed E-state index contributed by atoms with van der Waals surface area (Å²) in [6.07, 6.45) is 6.07. The molecule has 0 atom stereocenters. The molecule has 0 saturated carbocycles. The number of para-hydroxylation sites is 4. The van der Waals surface area contributed by atoms with E-state index in [1.165, 1.54) is 73.2 Å². The normalized spacial score (nSPS) is 10.1. The zero-order valence-corrected chi connectivity index (χ0v) is 67.5. The Hall–Kier alpha value is -3.90. The summed E-state index contributed by atoms with van der Waals surface area (Å²) in [5.41, 5.74) is 3.14. The Kier molecular flexibility index (Phi) is 37.4. The first-order valence-corrected chi connectivity index (χ1v) is 48.3. The summed E-state index contributed by atoms with van der Waals surface area (Å²) in [6, 6.07) is 49.0. The van der Waals surface area contributed by atoms with E-state index in [1.54, 1.807) is 30.5 Å². The van der Waals surface area contributed by atoms with E-state index in [1.807, 2.05) is 97.1 Å². The number of nitrogens with one attached hydrogen (secondary N) is 1. The van der Waals surface area contributed by atoms with Crippen LogP contribution < -0.4 is 38.3 Å². The molecule has 4 aromatic heterocycles. The fourth-order valence-electron chi connectivity index (χ4n) is 7.85. The molecule has 8 aromatic carbocycles. The van der Waals surface area contributed by atoms with Crippen molar-refractivity contribution < 1.29 is 50.8 Å². The molecule has 4 heterocycles. The number of benzene rings is 8. The zero-order chi connectivity index (χ0) is 65.9. The molecule has 5 N–H and O–H groups in total. The predicted molar refractivity (Wildman–Crippen MR) is 429 cm³/mol. The van der Waals surface area contributed by atoms with Gasteiger partial charge in [-0.25, -0.2) is 8.42 Å². The van der Waals surface area contributed by atoms with Crippen LogP contribution in [0.25, 0.3) is 43.6 Å². The third-order valence-corrected chi connectivity index (χ3v) is 15.5. The second-order valence-electron chi connectivity index (χ2n) is 17.8. The number of rotatable bonds is 11. The van der Waals surface area contributed by atoms with Crippen molar-refractivity contribution >= 4 is 274 Å². The SMILES string of the molecule is C.Cl.I.II.I[I-]I.N.O=S(=O)(Nc1cc(Cl)c(Oc2cnc3ccccc3c2)c(Cl)c1)c1ccc(Cl)cc1Cl.O=[N+]([O-])c1cc(Cl)c(Oc2cnc3ccccc3c2)c(Cl)c1.O=[N+]([O-])c1cc(Cl)c(Oc2cnc3ccccc3c2)c(Cl)c1.Oc1cnc2ccccc2c1. The first-order chi connectivity index (χ1) is 43.6. The van der Waals surface area contributed by atoms with Crippen LogP contribution in [0, 0.1) is 20.2 Å². The number of ether oxygens (including phenoxy) is 3. The van der Waals surface area contributed by atoms with Gasteiger partial charge < -0.3 is 25.5 Å². The standard InChI is InChI=1S/C21H12Cl4N2O3S.2C15H8Cl2N2O3.C9H7NO.CH4.ClH.I3.I2.HI.H3N/c22-13-5-6-20(16(23)8-13)31(28,29)27-14-9-17(24)21(18(25)10-14)30-15-7-12-3-1-2-4-19(12)26-11-15;2*16-12-6-10(19(20)21)7-13(17)15(12)22-11-5-9-3-1-2-4-14(9)18-8-11;11-8-5-7-3-1-2-4-9(7)10-6-8;;;1-3-2;1-2;;/h1-11,27H;2*1-8H;1-6,11H;1H4;1H;;;1H;1H3/q;;;;;;-1;;;. The Morgan fingerprint density at radius 3 is 1.07 bits per heavy atom. The summed E-state index contributed by atoms with van der Waals surface area (Å²) >= 11 is 58.1. The summed E-state index contributed by atoms with van der Waals surface area (Å²) in [6.45, 7) is 0. The number of pyridine rings is 4. The van der Waals surface area contributed by atoms with E-state index in [2.05, 4.69) is 99.1 Å². The largest absolute Gasteiger partial charge is 0.506 e. The topological polar surface area (TPSA) is 267 Å². The predicted octanol–water partition coefficient (Wildman–Crippen LogP) is 22.3. The Balaban J connectivity index is 0.000000331. The molecule has 0 bridgehead atoms. The Morgan fingerprint density at radius 1 is 0.463 bits per heavy atom. The number of aromatic nitrogens is 4. The number of aromatic hydroxyl groups is 1. The maximum atomic E-state index is 12.7. The second-order valence-corrected chi connectivity index (χ2v) is 39.0. The summed E-state index contributed by atoms with van der Waals surface area (Å²) < 4.78 is 44.9. The minimum Gasteiger partial charge on any atom is -0.506 e. The molecule has 18 nitrogen and oxygen atoms in total. The molecule has 0 radical (unpaired) electrons. The average Bonchev–Trinajstić information content (AvgIpc) is 0.825. The van der Waals surface area contributed by atoms with Gasteiger partial charge in [0, 0.05) is 88.1 Å². The number of nitrogens with zero attached hydrogens (tertiary/aromatic N) is 6. The minimum atomic E-state index is -4.00. The number of halogens is 15. The third kappa shape index (κ3) is 24.7. The van der Waals surface area contributed by atoms with Crippen molar-refractivity contribution in [2.75, 3.05) is 4.72 Å². The Bertz CT molecular complexity index is 4530. The van der Waals surface area contributed by atoms with Gasteiger partial charge in [-0.05, 0) is 78.9 Å². The van der Waals surface area contributed by atoms with E-state index >= 15 is 0 Å². The van der Waals surface area contributed by atoms with Gasteiger partial charge in [-0.2, -0.15) is 0 Å². The molecule has 0 aliphatic heterocycles. The number of hydrogen-bond acceptors (Lipinski definition) is 15. The molecule has 0 aliphatic rings. The van der Waals surface area contributed by atoms with Crippen molar-refractivity contribution in [3.05, 3.63) is 261 Å². The minimum absolute atomic E-state index is 0. The first-order valence-electron chi connectivity index (χ1n) is 25.0. The van der Waals surface area contributed by atoms with E-state index in [0.29, 0.717) is 35.5 Å². The van der Waals surface area contributed by atoms with Gasteiger partial charge in [-0.1, -0.05) is 173 Å². The Labute approximate surface area is 660 Å². The molecule has 0 fully saturated rings. The second kappa shape index (κ2) is 41.6. The molecule has 95 heavy (non-hydrogen) atoms. The maximum absolute atomic E-state index is 12.7. The van der Waals surface area contributed by atoms with Gasteiger partial charge in [0.25, 0.3) is 21.4 Å². The van der Waals surface area contributed by atoms with Gasteiger partial charge in [0.2, 0.25) is 0 Å². The van der Waals surface area contributed by atoms with Crippen LogP contribution in [0.15, 0.2) is 206 Å². The average molecular weight is 2160 g/mol. The van der Waals surface area contributed by atoms with Crippen molar-refractivity contribution in [1.82, 2.24) is 26.1 Å². The van der Waals surface area contributed by atoms with E-state index in [0.717, 1.165) is 43.6 Å². The van der Waals surface area contributed by atoms with E-state index in [9.17, 15) is 28.6 Å². The van der Waals surface area contributed by atoms with Crippen LogP contribution in [0.5, 0.6) is 40.2 Å². The summed E-state index contributed by atoms with van der Waals surface area (Å²) in [5, 5.41) is 35.0. The molecular weight excluding hydrogens is 2120 g/mol. The van der Waals surface area contributed by atoms with Crippen LogP contribution in [0.3, 0.4) is 0 Å². The van der Waals surface area contributed by atoms with Crippen molar-refractivity contribution in [3.63, 3.8) is 0 Å². The maximum Gasteiger partial charge on any atom is 0.272 e. The fraction of sp³-hybridized carbons (Fsp3) is 0.0164. The van der Waals surface area contributed by atoms with Gasteiger partial charge in [0.15, 0.2) is 17.2 Å². The number of nitro benzene ring substituents is 2. The van der Waals surface area contributed by atoms with E-state index in [4.69, 9.17) is 112 Å². The third-order valence-electron chi connectivity index (χ3n) is 11.8. The summed E-state index contributed by atoms with van der Waals surface area (Å²) in [4.78, 5) is 37.1. The fourth-order valence-corrected chi connectivity index (χ4v) is 11.3. The van der Waals surface area contributed by atoms with Gasteiger partial charge >= 0.3 is 50.5 Å². The van der Waals surface area contributed by atoms with E-state index in [-0.39, 0.29) is 130 Å². The number of sulfonamides is 1. The molecule has 12 rings (SSSR count). The number of anilines is 1. The van der Waals surface area contributed by atoms with Crippen LogP contribution in [0.1, 0.15) is 7.43 Å². The number of fused-ring (bicyclic) bond motifs is 4. The van der Waals surface area contributed by atoms with Crippen LogP contribution in [-0.4, -0.2) is 43.3 Å². The molecule has 0 saturated heterocycles. The zero-order valence-electron chi connectivity index (χ0n) is 46.7. The molecule has 500 valence electrons. The van der Waals surface area contributed by atoms with Gasteiger partial charge in [-0.3, -0.25) is 44.9 Å². The number of non-ortho nitro benzene ring substituents is 2. The van der Waals surface area contributed by atoms with Crippen LogP contribution in [0.2, 0.25) is 40.2 Å². The number of hydrogen-bond donors (Lipinski definition) is 3. The van der Waals surface area contributed by atoms with Gasteiger partial charge in [0.05, 0.1) is 97.5 Å². The molecule has 0 unspecified atom stereocenters. The van der Waals surface area contributed by atoms with Crippen LogP contribution in [-0.2, 0) is 10.0 Å². The molecule has 0 spiro atoms. The summed E-state index contributed by atoms with van der Waals surface area (Å²) in [5.74, 6) is 2.02. The monoisotopic (exact) mass is 2160 g/mol. The van der Waals surface area contributed by atoms with E-state index < -0.39 is 19.9 Å². The molecule has 0 aliphatic carbocycles. The van der Waals surface area contributed by atoms with Crippen molar-refractivity contribution in [3.8, 4) is 40.2 Å². The van der Waals surface area contributed by atoms with Crippen LogP contribution in [0.4, 0.5) is 17.1 Å². The smallest absolute Gasteiger partial charge is 0.272 e. The van der Waals surface area contributed by atoms with Crippen molar-refractivity contribution in [1.29, 1.82) is 0 Å². The molecule has 0 amide bonds. The van der Waals surface area contributed by atoms with Crippen molar-refractivity contribution in [2.45, 2.75) is 12.3 Å². The first kappa shape index (κ1) is 85.3. The van der Waals surface area contributed by atoms with Gasteiger partial charge in [0.1, 0.15) is 27.9 Å². The molecule has 12 aromatic rings. The summed E-state index contributed by atoms with van der Waals surface area (Å²) in [7, 11) is -4.00. The number of nitro groups is 2. The van der Waals surface area contributed by atoms with Gasteiger partial charge in [-0.15, -0.1) is 36.4 Å². The van der Waals surface area contributed by atoms with Crippen molar-refractivity contribution in [2.24, 2.45) is 0 Å². The Morgan fingerprint density at radius 2 is 0.758 bits per heavy atom. The van der Waals surface area contributed by atoms with Crippen LogP contribution >= 0.6 is 204 Å². The molecular formula is C61H44Cl9I6N8O10S-.